The van der Waals surface area contributed by atoms with Crippen LogP contribution in [0.4, 0.5) is 0 Å². The Morgan fingerprint density at radius 3 is 1.94 bits per heavy atom. The zero-order valence-corrected chi connectivity index (χ0v) is 23.7. The van der Waals surface area contributed by atoms with Crippen LogP contribution in [0.15, 0.2) is 0 Å². The Kier molecular flexibility index (Phi) is 9.58. The molecule has 0 aromatic rings. The van der Waals surface area contributed by atoms with Gasteiger partial charge in [-0.15, -0.1) is 0 Å². The lowest BCUT2D eigenvalue weighted by Gasteiger charge is -2.52. The van der Waals surface area contributed by atoms with Crippen LogP contribution in [-0.4, -0.2) is 59.9 Å². The van der Waals surface area contributed by atoms with Crippen molar-refractivity contribution in [2.45, 2.75) is 116 Å². The Morgan fingerprint density at radius 2 is 1.50 bits per heavy atom. The predicted molar refractivity (Wildman–Crippen MR) is 129 cm³/mol. The highest BCUT2D eigenvalue weighted by molar-refractivity contribution is 6.83. The SMILES string of the molecule is CCOC(C)O[C@H]1[C@@H]2O[Si](C(C)C)(C(C)C)O[Si](C(C)C)(C(C)C)OC[C@H]2C[C@H]1C(=O)O. The van der Waals surface area contributed by atoms with Gasteiger partial charge in [-0.1, -0.05) is 55.4 Å². The highest BCUT2D eigenvalue weighted by Crippen LogP contribution is 2.50. The monoisotopic (exact) mass is 490 g/mol. The van der Waals surface area contributed by atoms with Gasteiger partial charge in [0.15, 0.2) is 6.29 Å². The molecule has 188 valence electrons. The predicted octanol–water partition coefficient (Wildman–Crippen LogP) is 5.43. The first-order valence-corrected chi connectivity index (χ1v) is 16.3. The van der Waals surface area contributed by atoms with Crippen molar-refractivity contribution in [3.8, 4) is 0 Å². The van der Waals surface area contributed by atoms with Gasteiger partial charge < -0.3 is 27.5 Å². The van der Waals surface area contributed by atoms with Crippen LogP contribution in [0.1, 0.15) is 75.7 Å². The second-order valence-corrected chi connectivity index (χ2v) is 19.5. The van der Waals surface area contributed by atoms with Crippen LogP contribution >= 0.6 is 0 Å². The number of hydrogen-bond donors (Lipinski definition) is 1. The van der Waals surface area contributed by atoms with E-state index in [4.69, 9.17) is 22.4 Å². The number of hydrogen-bond acceptors (Lipinski definition) is 6. The lowest BCUT2D eigenvalue weighted by Crippen LogP contribution is -2.65. The fourth-order valence-corrected chi connectivity index (χ4v) is 16.8. The molecule has 1 aliphatic carbocycles. The number of fused-ring (bicyclic) bond motifs is 1. The highest BCUT2D eigenvalue weighted by atomic mass is 28.5. The Hall–Kier alpha value is -0.296. The number of aliphatic carboxylic acids is 1. The van der Waals surface area contributed by atoms with Crippen LogP contribution in [-0.2, 0) is 27.2 Å². The second kappa shape index (κ2) is 11.0. The number of carboxylic acid groups (broad SMARTS) is 1. The van der Waals surface area contributed by atoms with Crippen LogP contribution in [0.2, 0.25) is 22.2 Å². The largest absolute Gasteiger partial charge is 0.481 e. The molecule has 2 fully saturated rings. The molecule has 1 saturated heterocycles. The first-order valence-electron chi connectivity index (χ1n) is 12.3. The van der Waals surface area contributed by atoms with E-state index in [9.17, 15) is 9.90 Å². The maximum atomic E-state index is 12.2. The zero-order valence-electron chi connectivity index (χ0n) is 21.7. The first-order chi connectivity index (χ1) is 14.8. The highest BCUT2D eigenvalue weighted by Gasteiger charge is 2.62. The summed E-state index contributed by atoms with van der Waals surface area (Å²) in [6.45, 7) is 22.1. The molecule has 1 saturated carbocycles. The van der Waals surface area contributed by atoms with Crippen LogP contribution in [0.3, 0.4) is 0 Å². The van der Waals surface area contributed by atoms with Crippen molar-refractivity contribution in [3.63, 3.8) is 0 Å². The van der Waals surface area contributed by atoms with E-state index in [0.29, 0.717) is 19.6 Å². The minimum atomic E-state index is -2.82. The number of carboxylic acids is 1. The quantitative estimate of drug-likeness (QED) is 0.341. The summed E-state index contributed by atoms with van der Waals surface area (Å²) in [7, 11) is -5.45. The van der Waals surface area contributed by atoms with Crippen LogP contribution < -0.4 is 0 Å². The summed E-state index contributed by atoms with van der Waals surface area (Å²) in [5.74, 6) is -1.56. The fraction of sp³-hybridized carbons (Fsp3) is 0.957. The molecular weight excluding hydrogens is 444 g/mol. The van der Waals surface area contributed by atoms with E-state index in [1.807, 2.05) is 13.8 Å². The Bertz CT molecular complexity index is 609. The van der Waals surface area contributed by atoms with Crippen LogP contribution in [0, 0.1) is 11.8 Å². The van der Waals surface area contributed by atoms with E-state index < -0.39 is 41.4 Å². The molecule has 7 nitrogen and oxygen atoms in total. The average Bonchev–Trinajstić information content (AvgIpc) is 2.97. The smallest absolute Gasteiger partial charge is 0.335 e. The molecule has 0 bridgehead atoms. The Morgan fingerprint density at radius 1 is 0.969 bits per heavy atom. The van der Waals surface area contributed by atoms with Crippen molar-refractivity contribution in [3.05, 3.63) is 0 Å². The molecule has 32 heavy (non-hydrogen) atoms. The Labute approximate surface area is 197 Å². The van der Waals surface area contributed by atoms with Crippen molar-refractivity contribution in [2.24, 2.45) is 11.8 Å². The van der Waals surface area contributed by atoms with Crippen molar-refractivity contribution < 1.29 is 32.3 Å². The number of carbonyl (C=O) groups is 1. The van der Waals surface area contributed by atoms with Gasteiger partial charge >= 0.3 is 23.1 Å². The third-order valence-corrected chi connectivity index (χ3v) is 17.4. The average molecular weight is 491 g/mol. The summed E-state index contributed by atoms with van der Waals surface area (Å²) in [5.41, 5.74) is 0.883. The van der Waals surface area contributed by atoms with Gasteiger partial charge in [0.05, 0.1) is 18.1 Å². The molecule has 1 heterocycles. The van der Waals surface area contributed by atoms with Crippen molar-refractivity contribution in [1.82, 2.24) is 0 Å². The standard InChI is InChI=1S/C23H46O7Si2/c1-11-26-18(10)28-22-20(23(24)25)12-19-13-27-31(14(2)3,15(4)5)30-32(16(6)7,17(8)9)29-21(19)22/h14-22H,11-13H2,1-10H3,(H,24,25)/t18?,19-,20-,21-,22-/m1/s1. The normalized spacial score (nSPS) is 31.1. The minimum absolute atomic E-state index is 0.0485. The van der Waals surface area contributed by atoms with Gasteiger partial charge in [-0.05, 0) is 42.4 Å². The molecule has 5 atom stereocenters. The Balaban J connectivity index is 2.56. The van der Waals surface area contributed by atoms with Crippen molar-refractivity contribution in [2.75, 3.05) is 13.2 Å². The van der Waals surface area contributed by atoms with E-state index >= 15 is 0 Å². The molecule has 1 unspecified atom stereocenters. The summed E-state index contributed by atoms with van der Waals surface area (Å²) in [4.78, 5) is 12.2. The molecule has 0 amide bonds. The first kappa shape index (κ1) is 27.9. The molecule has 0 aromatic carbocycles. The van der Waals surface area contributed by atoms with E-state index in [0.717, 1.165) is 0 Å². The molecule has 1 aliphatic heterocycles. The van der Waals surface area contributed by atoms with Gasteiger partial charge in [-0.25, -0.2) is 0 Å². The summed E-state index contributed by atoms with van der Waals surface area (Å²) in [5, 5.41) is 10.0. The van der Waals surface area contributed by atoms with E-state index in [2.05, 4.69) is 55.4 Å². The molecule has 0 radical (unpaired) electrons. The zero-order chi connectivity index (χ0) is 24.4. The molecular formula is C23H46O7Si2. The minimum Gasteiger partial charge on any atom is -0.481 e. The van der Waals surface area contributed by atoms with Crippen LogP contribution in [0.25, 0.3) is 0 Å². The molecule has 0 spiro atoms. The molecule has 9 heteroatoms. The van der Waals surface area contributed by atoms with Gasteiger partial charge in [0.2, 0.25) is 0 Å². The lowest BCUT2D eigenvalue weighted by atomic mass is 10.1. The lowest BCUT2D eigenvalue weighted by molar-refractivity contribution is -0.192. The molecule has 1 N–H and O–H groups in total. The molecule has 2 rings (SSSR count). The van der Waals surface area contributed by atoms with E-state index in [1.165, 1.54) is 0 Å². The summed E-state index contributed by atoms with van der Waals surface area (Å²) in [6, 6.07) is 0. The van der Waals surface area contributed by atoms with Crippen molar-refractivity contribution >= 4 is 23.1 Å². The molecule has 0 aromatic heterocycles. The van der Waals surface area contributed by atoms with Gasteiger partial charge in [0, 0.05) is 19.1 Å². The van der Waals surface area contributed by atoms with Crippen LogP contribution in [0.5, 0.6) is 0 Å². The fourth-order valence-electron chi connectivity index (χ4n) is 5.49. The maximum absolute atomic E-state index is 12.2. The summed E-state index contributed by atoms with van der Waals surface area (Å²) < 4.78 is 32.9. The number of ether oxygens (including phenoxy) is 2. The third-order valence-electron chi connectivity index (χ3n) is 7.19. The maximum Gasteiger partial charge on any atom is 0.335 e. The summed E-state index contributed by atoms with van der Waals surface area (Å²) >= 11 is 0. The van der Waals surface area contributed by atoms with Gasteiger partial charge in [0.1, 0.15) is 0 Å². The number of rotatable bonds is 9. The van der Waals surface area contributed by atoms with E-state index in [1.54, 1.807) is 0 Å². The second-order valence-electron chi connectivity index (χ2n) is 10.6. The topological polar surface area (TPSA) is 83.5 Å². The van der Waals surface area contributed by atoms with Crippen molar-refractivity contribution in [1.29, 1.82) is 0 Å². The summed E-state index contributed by atoms with van der Waals surface area (Å²) in [6.07, 6.45) is -1.01. The van der Waals surface area contributed by atoms with Gasteiger partial charge in [0.25, 0.3) is 0 Å². The van der Waals surface area contributed by atoms with Gasteiger partial charge in [-0.3, -0.25) is 4.79 Å². The third kappa shape index (κ3) is 5.34. The van der Waals surface area contributed by atoms with E-state index in [-0.39, 0.29) is 34.2 Å². The van der Waals surface area contributed by atoms with Gasteiger partial charge in [-0.2, -0.15) is 0 Å². The molecule has 2 aliphatic rings.